The Morgan fingerprint density at radius 2 is 2.20 bits per heavy atom. The van der Waals surface area contributed by atoms with Gasteiger partial charge in [-0.15, -0.1) is 11.6 Å². The molecule has 1 fully saturated rings. The van der Waals surface area contributed by atoms with Crippen LogP contribution in [0, 0.1) is 5.41 Å². The summed E-state index contributed by atoms with van der Waals surface area (Å²) < 4.78 is 6.63. The minimum absolute atomic E-state index is 0.144. The van der Waals surface area contributed by atoms with Crippen molar-refractivity contribution >= 4 is 27.5 Å². The van der Waals surface area contributed by atoms with Gasteiger partial charge in [0.05, 0.1) is 6.61 Å². The molecule has 2 rings (SSSR count). The van der Waals surface area contributed by atoms with Gasteiger partial charge in [-0.05, 0) is 24.5 Å². The Balaban J connectivity index is 2.16. The first-order chi connectivity index (χ1) is 7.26. The molecule has 0 N–H and O–H groups in total. The van der Waals surface area contributed by atoms with Crippen LogP contribution in [0.3, 0.4) is 0 Å². The van der Waals surface area contributed by atoms with Crippen molar-refractivity contribution in [3.8, 4) is 0 Å². The third kappa shape index (κ3) is 2.55. The second-order valence-corrected chi connectivity index (χ2v) is 5.33. The number of halogens is 2. The summed E-state index contributed by atoms with van der Waals surface area (Å²) in [6, 6.07) is 8.33. The molecule has 3 heteroatoms. The van der Waals surface area contributed by atoms with E-state index >= 15 is 0 Å². The normalized spacial score (nSPS) is 25.7. The van der Waals surface area contributed by atoms with Gasteiger partial charge in [-0.1, -0.05) is 34.1 Å². The molecule has 1 atom stereocenters. The first kappa shape index (κ1) is 11.4. The molecular formula is C12H14BrClO. The fourth-order valence-electron chi connectivity index (χ4n) is 1.99. The molecule has 1 unspecified atom stereocenters. The third-order valence-electron chi connectivity index (χ3n) is 2.99. The van der Waals surface area contributed by atoms with E-state index in [9.17, 15) is 0 Å². The molecule has 1 aromatic rings. The number of ether oxygens (including phenoxy) is 1. The van der Waals surface area contributed by atoms with E-state index in [0.717, 1.165) is 26.1 Å². The Kier molecular flexibility index (Phi) is 3.70. The lowest BCUT2D eigenvalue weighted by Gasteiger charge is -2.24. The number of benzene rings is 1. The zero-order valence-electron chi connectivity index (χ0n) is 8.51. The number of hydrogen-bond acceptors (Lipinski definition) is 1. The minimum Gasteiger partial charge on any atom is -0.381 e. The highest BCUT2D eigenvalue weighted by atomic mass is 79.9. The van der Waals surface area contributed by atoms with Gasteiger partial charge in [0.2, 0.25) is 0 Å². The van der Waals surface area contributed by atoms with Gasteiger partial charge in [-0.25, -0.2) is 0 Å². The van der Waals surface area contributed by atoms with Crippen molar-refractivity contribution in [2.75, 3.05) is 19.1 Å². The fraction of sp³-hybridized carbons (Fsp3) is 0.500. The number of alkyl halides is 1. The van der Waals surface area contributed by atoms with Crippen molar-refractivity contribution in [1.29, 1.82) is 0 Å². The van der Waals surface area contributed by atoms with Crippen molar-refractivity contribution in [3.05, 3.63) is 34.3 Å². The molecule has 1 aromatic carbocycles. The van der Waals surface area contributed by atoms with Gasteiger partial charge in [0, 0.05) is 22.4 Å². The monoisotopic (exact) mass is 288 g/mol. The van der Waals surface area contributed by atoms with Crippen LogP contribution in [0.1, 0.15) is 12.0 Å². The fourth-order valence-corrected chi connectivity index (χ4v) is 2.72. The third-order valence-corrected chi connectivity index (χ3v) is 4.33. The minimum atomic E-state index is 0.144. The van der Waals surface area contributed by atoms with Crippen LogP contribution in [-0.2, 0) is 11.2 Å². The SMILES string of the molecule is ClCC1(Cc2ccccc2Br)CCOC1. The first-order valence-corrected chi connectivity index (χ1v) is 6.46. The lowest BCUT2D eigenvalue weighted by Crippen LogP contribution is -2.26. The molecule has 82 valence electrons. The molecule has 0 radical (unpaired) electrons. The highest BCUT2D eigenvalue weighted by molar-refractivity contribution is 9.10. The largest absolute Gasteiger partial charge is 0.381 e. The van der Waals surface area contributed by atoms with Crippen molar-refractivity contribution < 1.29 is 4.74 Å². The average Bonchev–Trinajstić information content (AvgIpc) is 2.71. The van der Waals surface area contributed by atoms with Crippen molar-refractivity contribution in [1.82, 2.24) is 0 Å². The summed E-state index contributed by atoms with van der Waals surface area (Å²) in [5, 5.41) is 0. The van der Waals surface area contributed by atoms with E-state index in [1.54, 1.807) is 0 Å². The van der Waals surface area contributed by atoms with Crippen LogP contribution in [-0.4, -0.2) is 19.1 Å². The molecule has 1 heterocycles. The van der Waals surface area contributed by atoms with Gasteiger partial charge in [-0.2, -0.15) is 0 Å². The number of rotatable bonds is 3. The van der Waals surface area contributed by atoms with Crippen molar-refractivity contribution in [3.63, 3.8) is 0 Å². The van der Waals surface area contributed by atoms with E-state index in [0.29, 0.717) is 5.88 Å². The first-order valence-electron chi connectivity index (χ1n) is 5.13. The smallest absolute Gasteiger partial charge is 0.0537 e. The van der Waals surface area contributed by atoms with Crippen molar-refractivity contribution in [2.45, 2.75) is 12.8 Å². The predicted molar refractivity (Wildman–Crippen MR) is 66.4 cm³/mol. The van der Waals surface area contributed by atoms with Gasteiger partial charge in [0.15, 0.2) is 0 Å². The van der Waals surface area contributed by atoms with Crippen LogP contribution >= 0.6 is 27.5 Å². The summed E-state index contributed by atoms with van der Waals surface area (Å²) in [5.74, 6) is 0.675. The Bertz CT molecular complexity index is 334. The van der Waals surface area contributed by atoms with Crippen molar-refractivity contribution in [2.24, 2.45) is 5.41 Å². The highest BCUT2D eigenvalue weighted by Gasteiger charge is 2.34. The highest BCUT2D eigenvalue weighted by Crippen LogP contribution is 2.35. The Morgan fingerprint density at radius 3 is 2.80 bits per heavy atom. The zero-order chi connectivity index (χ0) is 10.7. The van der Waals surface area contributed by atoms with Gasteiger partial charge >= 0.3 is 0 Å². The van der Waals surface area contributed by atoms with Gasteiger partial charge in [0.25, 0.3) is 0 Å². The lowest BCUT2D eigenvalue weighted by atomic mass is 9.83. The molecule has 1 aliphatic rings. The van der Waals surface area contributed by atoms with Gasteiger partial charge in [-0.3, -0.25) is 0 Å². The zero-order valence-corrected chi connectivity index (χ0v) is 10.9. The molecule has 0 bridgehead atoms. The number of hydrogen-bond donors (Lipinski definition) is 0. The molecule has 0 saturated carbocycles. The maximum Gasteiger partial charge on any atom is 0.0537 e. The molecule has 0 aliphatic carbocycles. The van der Waals surface area contributed by atoms with E-state index in [-0.39, 0.29) is 5.41 Å². The molecule has 15 heavy (non-hydrogen) atoms. The summed E-state index contributed by atoms with van der Waals surface area (Å²) in [6.45, 7) is 1.63. The molecule has 0 spiro atoms. The van der Waals surface area contributed by atoms with Crippen LogP contribution in [0.2, 0.25) is 0 Å². The molecule has 1 saturated heterocycles. The summed E-state index contributed by atoms with van der Waals surface area (Å²) in [6.07, 6.45) is 2.07. The summed E-state index contributed by atoms with van der Waals surface area (Å²) >= 11 is 9.64. The summed E-state index contributed by atoms with van der Waals surface area (Å²) in [4.78, 5) is 0. The quantitative estimate of drug-likeness (QED) is 0.772. The Hall–Kier alpha value is -0.0500. The van der Waals surface area contributed by atoms with E-state index in [1.165, 1.54) is 10.0 Å². The second kappa shape index (κ2) is 4.86. The van der Waals surface area contributed by atoms with E-state index in [1.807, 2.05) is 6.07 Å². The van der Waals surface area contributed by atoms with Crippen LogP contribution in [0.4, 0.5) is 0 Å². The molecule has 1 nitrogen and oxygen atoms in total. The van der Waals surface area contributed by atoms with Crippen LogP contribution in [0.25, 0.3) is 0 Å². The topological polar surface area (TPSA) is 9.23 Å². The molecule has 1 aliphatic heterocycles. The second-order valence-electron chi connectivity index (χ2n) is 4.20. The Labute approximate surface area is 104 Å². The Morgan fingerprint density at radius 1 is 1.40 bits per heavy atom. The van der Waals surface area contributed by atoms with Crippen LogP contribution in [0.5, 0.6) is 0 Å². The maximum atomic E-state index is 6.07. The van der Waals surface area contributed by atoms with Gasteiger partial charge < -0.3 is 4.74 Å². The van der Waals surface area contributed by atoms with Crippen LogP contribution < -0.4 is 0 Å². The molecule has 0 amide bonds. The van der Waals surface area contributed by atoms with E-state index in [4.69, 9.17) is 16.3 Å². The van der Waals surface area contributed by atoms with E-state index < -0.39 is 0 Å². The molecular weight excluding hydrogens is 275 g/mol. The predicted octanol–water partition coefficient (Wildman–Crippen LogP) is 3.64. The van der Waals surface area contributed by atoms with Gasteiger partial charge in [0.1, 0.15) is 0 Å². The molecule has 0 aromatic heterocycles. The standard InChI is InChI=1S/C12H14BrClO/c13-11-4-2-1-3-10(11)7-12(8-14)5-6-15-9-12/h1-4H,5-9H2. The maximum absolute atomic E-state index is 6.07. The summed E-state index contributed by atoms with van der Waals surface area (Å²) in [5.41, 5.74) is 1.47. The van der Waals surface area contributed by atoms with E-state index in [2.05, 4.69) is 34.1 Å². The average molecular weight is 290 g/mol. The lowest BCUT2D eigenvalue weighted by molar-refractivity contribution is 0.161. The van der Waals surface area contributed by atoms with Crippen LogP contribution in [0.15, 0.2) is 28.7 Å². The summed E-state index contributed by atoms with van der Waals surface area (Å²) in [7, 11) is 0.